The number of carbonyl (C=O) groups excluding carboxylic acids is 1. The van der Waals surface area contributed by atoms with Gasteiger partial charge in [-0.15, -0.1) is 0 Å². The first-order chi connectivity index (χ1) is 11.0. The summed E-state index contributed by atoms with van der Waals surface area (Å²) in [7, 11) is 1.53. The second-order valence-corrected chi connectivity index (χ2v) is 5.45. The summed E-state index contributed by atoms with van der Waals surface area (Å²) in [4.78, 5) is 12.4. The molecular formula is C17H23N3O3. The molecule has 0 spiro atoms. The average molecular weight is 317 g/mol. The van der Waals surface area contributed by atoms with Crippen LogP contribution in [0.5, 0.6) is 0 Å². The summed E-state index contributed by atoms with van der Waals surface area (Å²) in [6.07, 6.45) is -0.126. The number of benzene rings is 1. The van der Waals surface area contributed by atoms with Crippen molar-refractivity contribution in [3.05, 3.63) is 47.3 Å². The maximum Gasteiger partial charge on any atom is 0.255 e. The van der Waals surface area contributed by atoms with E-state index in [1.54, 1.807) is 4.68 Å². The van der Waals surface area contributed by atoms with E-state index in [0.717, 1.165) is 11.4 Å². The van der Waals surface area contributed by atoms with Crippen LogP contribution in [-0.2, 0) is 4.74 Å². The molecule has 0 aliphatic rings. The lowest BCUT2D eigenvalue weighted by Crippen LogP contribution is -2.29. The van der Waals surface area contributed by atoms with Gasteiger partial charge in [-0.25, -0.2) is 4.68 Å². The number of carbonyl (C=O) groups is 1. The molecule has 2 aromatic rings. The van der Waals surface area contributed by atoms with E-state index in [-0.39, 0.29) is 12.5 Å². The third-order valence-corrected chi connectivity index (χ3v) is 3.64. The molecule has 1 aromatic heterocycles. The van der Waals surface area contributed by atoms with Gasteiger partial charge in [-0.3, -0.25) is 4.79 Å². The maximum atomic E-state index is 12.4. The Morgan fingerprint density at radius 3 is 2.70 bits per heavy atom. The number of nitrogens with one attached hydrogen (secondary N) is 1. The zero-order valence-electron chi connectivity index (χ0n) is 13.7. The van der Waals surface area contributed by atoms with E-state index in [9.17, 15) is 9.90 Å². The number of hydrogen-bond donors (Lipinski definition) is 2. The Morgan fingerprint density at radius 1 is 1.35 bits per heavy atom. The molecule has 6 heteroatoms. The number of ether oxygens (including phenoxy) is 1. The van der Waals surface area contributed by atoms with Gasteiger partial charge < -0.3 is 15.2 Å². The highest BCUT2D eigenvalue weighted by molar-refractivity contribution is 5.96. The van der Waals surface area contributed by atoms with Crippen molar-refractivity contribution in [2.24, 2.45) is 0 Å². The summed E-state index contributed by atoms with van der Waals surface area (Å²) in [6.45, 7) is 4.35. The summed E-state index contributed by atoms with van der Waals surface area (Å²) in [5.41, 5.74) is 2.97. The van der Waals surface area contributed by atoms with Crippen LogP contribution in [0.3, 0.4) is 0 Å². The van der Waals surface area contributed by atoms with Gasteiger partial charge in [-0.05, 0) is 32.4 Å². The van der Waals surface area contributed by atoms with E-state index in [1.165, 1.54) is 7.11 Å². The quantitative estimate of drug-likeness (QED) is 0.813. The number of hydrogen-bond acceptors (Lipinski definition) is 4. The van der Waals surface area contributed by atoms with Crippen LogP contribution in [0, 0.1) is 13.8 Å². The molecule has 0 saturated heterocycles. The van der Waals surface area contributed by atoms with Crippen LogP contribution in [-0.4, -0.2) is 47.2 Å². The molecular weight excluding hydrogens is 294 g/mol. The van der Waals surface area contributed by atoms with E-state index < -0.39 is 6.10 Å². The molecule has 124 valence electrons. The fraction of sp³-hybridized carbons (Fsp3) is 0.412. The molecule has 0 radical (unpaired) electrons. The van der Waals surface area contributed by atoms with E-state index in [2.05, 4.69) is 10.4 Å². The molecule has 2 rings (SSSR count). The van der Waals surface area contributed by atoms with Gasteiger partial charge in [-0.1, -0.05) is 18.2 Å². The first kappa shape index (κ1) is 17.2. The van der Waals surface area contributed by atoms with Gasteiger partial charge in [0, 0.05) is 13.7 Å². The molecule has 0 bridgehead atoms. The lowest BCUT2D eigenvalue weighted by molar-refractivity contribution is 0.0587. The molecule has 0 fully saturated rings. The van der Waals surface area contributed by atoms with Crippen LogP contribution in [0.15, 0.2) is 30.3 Å². The fourth-order valence-corrected chi connectivity index (χ4v) is 2.51. The molecule has 0 aliphatic carbocycles. The SMILES string of the molecule is COCC(O)CCNC(=O)c1c(C)nn(-c2ccccc2)c1C. The first-order valence-corrected chi connectivity index (χ1v) is 7.61. The third-order valence-electron chi connectivity index (χ3n) is 3.64. The van der Waals surface area contributed by atoms with E-state index in [1.807, 2.05) is 44.2 Å². The number of aromatic nitrogens is 2. The fourth-order valence-electron chi connectivity index (χ4n) is 2.51. The average Bonchev–Trinajstić information content (AvgIpc) is 2.83. The van der Waals surface area contributed by atoms with E-state index in [0.29, 0.717) is 24.2 Å². The van der Waals surface area contributed by atoms with Gasteiger partial charge in [0.2, 0.25) is 0 Å². The summed E-state index contributed by atoms with van der Waals surface area (Å²) >= 11 is 0. The molecule has 23 heavy (non-hydrogen) atoms. The standard InChI is InChI=1S/C17H23N3O3/c1-12-16(17(22)18-10-9-15(21)11-23-3)13(2)20(19-12)14-7-5-4-6-8-14/h4-8,15,21H,9-11H2,1-3H3,(H,18,22). The molecule has 2 N–H and O–H groups in total. The van der Waals surface area contributed by atoms with Crippen LogP contribution in [0.25, 0.3) is 5.69 Å². The normalized spacial score (nSPS) is 12.2. The van der Waals surface area contributed by atoms with Crippen LogP contribution in [0.4, 0.5) is 0 Å². The molecule has 1 aromatic carbocycles. The smallest absolute Gasteiger partial charge is 0.255 e. The summed E-state index contributed by atoms with van der Waals surface area (Å²) in [5, 5.41) is 16.9. The first-order valence-electron chi connectivity index (χ1n) is 7.61. The van der Waals surface area contributed by atoms with Crippen molar-refractivity contribution in [2.75, 3.05) is 20.3 Å². The van der Waals surface area contributed by atoms with Crippen molar-refractivity contribution in [1.29, 1.82) is 0 Å². The van der Waals surface area contributed by atoms with Crippen molar-refractivity contribution in [2.45, 2.75) is 26.4 Å². The number of aliphatic hydroxyl groups is 1. The Bertz CT molecular complexity index is 653. The van der Waals surface area contributed by atoms with Crippen molar-refractivity contribution in [3.63, 3.8) is 0 Å². The van der Waals surface area contributed by atoms with E-state index >= 15 is 0 Å². The van der Waals surface area contributed by atoms with Crippen LogP contribution < -0.4 is 5.32 Å². The van der Waals surface area contributed by atoms with Gasteiger partial charge in [0.25, 0.3) is 5.91 Å². The van der Waals surface area contributed by atoms with Crippen LogP contribution in [0.1, 0.15) is 28.2 Å². The van der Waals surface area contributed by atoms with Crippen molar-refractivity contribution >= 4 is 5.91 Å². The van der Waals surface area contributed by atoms with Crippen molar-refractivity contribution in [3.8, 4) is 5.69 Å². The Kier molecular flexibility index (Phi) is 5.90. The summed E-state index contributed by atoms with van der Waals surface area (Å²) in [5.74, 6) is -0.174. The van der Waals surface area contributed by atoms with Crippen molar-refractivity contribution in [1.82, 2.24) is 15.1 Å². The van der Waals surface area contributed by atoms with Gasteiger partial charge >= 0.3 is 0 Å². The Labute approximate surface area is 136 Å². The van der Waals surface area contributed by atoms with Gasteiger partial charge in [0.05, 0.1) is 35.3 Å². The van der Waals surface area contributed by atoms with Crippen LogP contribution >= 0.6 is 0 Å². The number of nitrogens with zero attached hydrogens (tertiary/aromatic N) is 2. The Balaban J connectivity index is 2.08. The largest absolute Gasteiger partial charge is 0.391 e. The topological polar surface area (TPSA) is 76.4 Å². The second kappa shape index (κ2) is 7.89. The molecule has 0 saturated carbocycles. The summed E-state index contributed by atoms with van der Waals surface area (Å²) < 4.78 is 6.63. The number of rotatable bonds is 7. The molecule has 1 atom stereocenters. The zero-order chi connectivity index (χ0) is 16.8. The van der Waals surface area contributed by atoms with Gasteiger partial charge in [-0.2, -0.15) is 5.10 Å². The highest BCUT2D eigenvalue weighted by Gasteiger charge is 2.19. The number of aliphatic hydroxyl groups excluding tert-OH is 1. The van der Waals surface area contributed by atoms with Gasteiger partial charge in [0.15, 0.2) is 0 Å². The molecule has 1 unspecified atom stereocenters. The minimum atomic E-state index is -0.575. The Hall–Kier alpha value is -2.18. The highest BCUT2D eigenvalue weighted by Crippen LogP contribution is 2.17. The summed E-state index contributed by atoms with van der Waals surface area (Å²) in [6, 6.07) is 9.70. The third kappa shape index (κ3) is 4.18. The monoisotopic (exact) mass is 317 g/mol. The minimum absolute atomic E-state index is 0.174. The Morgan fingerprint density at radius 2 is 2.04 bits per heavy atom. The maximum absolute atomic E-state index is 12.4. The predicted molar refractivity (Wildman–Crippen MR) is 87.9 cm³/mol. The van der Waals surface area contributed by atoms with E-state index in [4.69, 9.17) is 4.74 Å². The lowest BCUT2D eigenvalue weighted by Gasteiger charge is -2.10. The number of methoxy groups -OCH3 is 1. The lowest BCUT2D eigenvalue weighted by atomic mass is 10.1. The molecule has 1 amide bonds. The minimum Gasteiger partial charge on any atom is -0.391 e. The molecule has 6 nitrogen and oxygen atoms in total. The predicted octanol–water partition coefficient (Wildman–Crippen LogP) is 1.62. The number of aryl methyl sites for hydroxylation is 1. The highest BCUT2D eigenvalue weighted by atomic mass is 16.5. The van der Waals surface area contributed by atoms with Crippen LogP contribution in [0.2, 0.25) is 0 Å². The number of amides is 1. The van der Waals surface area contributed by atoms with Crippen molar-refractivity contribution < 1.29 is 14.6 Å². The molecule has 1 heterocycles. The zero-order valence-corrected chi connectivity index (χ0v) is 13.7. The second-order valence-electron chi connectivity index (χ2n) is 5.45. The number of para-hydroxylation sites is 1. The van der Waals surface area contributed by atoms with Gasteiger partial charge in [0.1, 0.15) is 0 Å². The molecule has 0 aliphatic heterocycles.